The molecular weight excluding hydrogens is 264 g/mol. The van der Waals surface area contributed by atoms with Gasteiger partial charge in [-0.2, -0.15) is 0 Å². The summed E-state index contributed by atoms with van der Waals surface area (Å²) in [6, 6.07) is 8.36. The second kappa shape index (κ2) is 7.57. The van der Waals surface area contributed by atoms with E-state index in [2.05, 4.69) is 30.1 Å². The van der Waals surface area contributed by atoms with Gasteiger partial charge in [0.15, 0.2) is 0 Å². The van der Waals surface area contributed by atoms with Gasteiger partial charge in [-0.3, -0.25) is 9.69 Å². The summed E-state index contributed by atoms with van der Waals surface area (Å²) in [6.07, 6.45) is 1.13. The van der Waals surface area contributed by atoms with E-state index >= 15 is 0 Å². The number of ether oxygens (including phenoxy) is 1. The molecule has 2 atom stereocenters. The largest absolute Gasteiger partial charge is 0.427 e. The van der Waals surface area contributed by atoms with Gasteiger partial charge in [0.2, 0.25) is 0 Å². The molecule has 1 aliphatic heterocycles. The molecule has 1 N–H and O–H groups in total. The van der Waals surface area contributed by atoms with Gasteiger partial charge >= 0.3 is 5.97 Å². The van der Waals surface area contributed by atoms with Gasteiger partial charge in [0, 0.05) is 39.1 Å². The number of rotatable bonds is 5. The third-order valence-corrected chi connectivity index (χ3v) is 4.19. The molecule has 0 bridgehead atoms. The first-order valence-corrected chi connectivity index (χ1v) is 7.85. The lowest BCUT2D eigenvalue weighted by Crippen LogP contribution is -2.46. The van der Waals surface area contributed by atoms with Gasteiger partial charge in [0.1, 0.15) is 5.75 Å². The molecule has 0 aliphatic carbocycles. The Morgan fingerprint density at radius 1 is 1.38 bits per heavy atom. The summed E-state index contributed by atoms with van der Waals surface area (Å²) in [5, 5.41) is 3.40. The number of carbonyl (C=O) groups excluding carboxylic acids is 1. The van der Waals surface area contributed by atoms with Crippen LogP contribution in [0.5, 0.6) is 5.75 Å². The number of esters is 1. The molecule has 0 saturated carbocycles. The number of benzene rings is 1. The van der Waals surface area contributed by atoms with Gasteiger partial charge in [0.05, 0.1) is 0 Å². The van der Waals surface area contributed by atoms with Crippen LogP contribution in [-0.2, 0) is 4.79 Å². The van der Waals surface area contributed by atoms with Crippen molar-refractivity contribution in [2.24, 2.45) is 5.92 Å². The average Bonchev–Trinajstić information content (AvgIpc) is 2.48. The molecule has 1 unspecified atom stereocenters. The molecule has 1 aromatic rings. The van der Waals surface area contributed by atoms with Crippen LogP contribution in [0.1, 0.15) is 38.8 Å². The maximum Gasteiger partial charge on any atom is 0.308 e. The molecule has 0 radical (unpaired) electrons. The van der Waals surface area contributed by atoms with Crippen molar-refractivity contribution in [2.45, 2.75) is 33.2 Å². The summed E-state index contributed by atoms with van der Waals surface area (Å²) in [6.45, 7) is 10.2. The van der Waals surface area contributed by atoms with E-state index in [4.69, 9.17) is 4.74 Å². The summed E-state index contributed by atoms with van der Waals surface area (Å²) < 4.78 is 5.24. The lowest BCUT2D eigenvalue weighted by Gasteiger charge is -2.38. The molecule has 1 aromatic carbocycles. The molecule has 2 rings (SSSR count). The van der Waals surface area contributed by atoms with Crippen LogP contribution in [0.3, 0.4) is 0 Å². The van der Waals surface area contributed by atoms with Crippen molar-refractivity contribution in [3.63, 3.8) is 0 Å². The fraction of sp³-hybridized carbons (Fsp3) is 0.588. The van der Waals surface area contributed by atoms with Gasteiger partial charge in [-0.25, -0.2) is 0 Å². The lowest BCUT2D eigenvalue weighted by atomic mass is 9.90. The van der Waals surface area contributed by atoms with E-state index in [0.717, 1.165) is 32.6 Å². The molecule has 21 heavy (non-hydrogen) atoms. The second-order valence-electron chi connectivity index (χ2n) is 5.78. The normalized spacial score (nSPS) is 19.0. The van der Waals surface area contributed by atoms with Crippen LogP contribution in [-0.4, -0.2) is 37.0 Å². The highest BCUT2D eigenvalue weighted by atomic mass is 16.5. The van der Waals surface area contributed by atoms with Crippen LogP contribution in [0, 0.1) is 5.92 Å². The Balaban J connectivity index is 2.25. The minimum absolute atomic E-state index is 0.269. The zero-order chi connectivity index (χ0) is 15.2. The van der Waals surface area contributed by atoms with E-state index in [1.807, 2.05) is 18.2 Å². The van der Waals surface area contributed by atoms with Gasteiger partial charge in [-0.1, -0.05) is 32.4 Å². The van der Waals surface area contributed by atoms with Crippen molar-refractivity contribution in [1.29, 1.82) is 0 Å². The van der Waals surface area contributed by atoms with Crippen molar-refractivity contribution in [3.05, 3.63) is 29.8 Å². The Bertz CT molecular complexity index is 470. The number of piperazine rings is 1. The summed E-state index contributed by atoms with van der Waals surface area (Å²) in [7, 11) is 0. The highest BCUT2D eigenvalue weighted by Crippen LogP contribution is 2.32. The molecule has 0 aromatic heterocycles. The van der Waals surface area contributed by atoms with E-state index < -0.39 is 0 Å². The van der Waals surface area contributed by atoms with Crippen LogP contribution in [0.2, 0.25) is 0 Å². The van der Waals surface area contributed by atoms with Crippen LogP contribution < -0.4 is 10.1 Å². The monoisotopic (exact) mass is 290 g/mol. The number of nitrogens with one attached hydrogen (secondary N) is 1. The molecule has 0 amide bonds. The number of hydrogen-bond acceptors (Lipinski definition) is 4. The quantitative estimate of drug-likeness (QED) is 0.668. The summed E-state index contributed by atoms with van der Waals surface area (Å²) in [5.41, 5.74) is 1.24. The molecule has 1 heterocycles. The summed E-state index contributed by atoms with van der Waals surface area (Å²) in [4.78, 5) is 13.7. The third-order valence-electron chi connectivity index (χ3n) is 4.19. The maximum absolute atomic E-state index is 11.1. The lowest BCUT2D eigenvalue weighted by molar-refractivity contribution is -0.131. The topological polar surface area (TPSA) is 41.6 Å². The Kier molecular flexibility index (Phi) is 5.76. The molecule has 1 saturated heterocycles. The van der Waals surface area contributed by atoms with Crippen LogP contribution >= 0.6 is 0 Å². The fourth-order valence-corrected chi connectivity index (χ4v) is 3.01. The van der Waals surface area contributed by atoms with Crippen molar-refractivity contribution >= 4 is 5.97 Å². The zero-order valence-electron chi connectivity index (χ0n) is 13.3. The van der Waals surface area contributed by atoms with Gasteiger partial charge in [0.25, 0.3) is 0 Å². The van der Waals surface area contributed by atoms with Crippen LogP contribution in [0.15, 0.2) is 24.3 Å². The van der Waals surface area contributed by atoms with E-state index in [1.165, 1.54) is 12.5 Å². The number of hydrogen-bond donors (Lipinski definition) is 1. The van der Waals surface area contributed by atoms with Gasteiger partial charge in [-0.15, -0.1) is 0 Å². The van der Waals surface area contributed by atoms with Gasteiger partial charge < -0.3 is 10.1 Å². The van der Waals surface area contributed by atoms with Crippen LogP contribution in [0.4, 0.5) is 0 Å². The summed E-state index contributed by atoms with van der Waals surface area (Å²) >= 11 is 0. The molecule has 116 valence electrons. The van der Waals surface area contributed by atoms with Gasteiger partial charge in [-0.05, 0) is 23.6 Å². The maximum atomic E-state index is 11.1. The summed E-state index contributed by atoms with van der Waals surface area (Å²) in [5.74, 6) is 0.938. The van der Waals surface area contributed by atoms with Crippen molar-refractivity contribution < 1.29 is 9.53 Å². The van der Waals surface area contributed by atoms with Crippen molar-refractivity contribution in [1.82, 2.24) is 10.2 Å². The highest BCUT2D eigenvalue weighted by molar-refractivity contribution is 5.69. The predicted molar refractivity (Wildman–Crippen MR) is 84.4 cm³/mol. The Morgan fingerprint density at radius 3 is 2.71 bits per heavy atom. The zero-order valence-corrected chi connectivity index (χ0v) is 13.3. The van der Waals surface area contributed by atoms with E-state index in [-0.39, 0.29) is 5.97 Å². The van der Waals surface area contributed by atoms with Crippen LogP contribution in [0.25, 0.3) is 0 Å². The van der Waals surface area contributed by atoms with Crippen molar-refractivity contribution in [2.75, 3.05) is 26.2 Å². The molecular formula is C17H26N2O2. The first-order valence-electron chi connectivity index (χ1n) is 7.85. The molecule has 0 spiro atoms. The first kappa shape index (κ1) is 16.0. The standard InChI is InChI=1S/C17H26N2O2/c1-4-13(2)17(19-10-8-18-9-11-19)15-6-5-7-16(12-15)21-14(3)20/h5-7,12-13,17-18H,4,8-11H2,1-3H3/t13?,17-/m1/s1. The van der Waals surface area contributed by atoms with Crippen molar-refractivity contribution in [3.8, 4) is 5.75 Å². The SMILES string of the molecule is CCC(C)[C@H](c1cccc(OC(C)=O)c1)N1CCNCC1. The molecule has 1 aliphatic rings. The highest BCUT2D eigenvalue weighted by Gasteiger charge is 2.26. The second-order valence-corrected chi connectivity index (χ2v) is 5.78. The third kappa shape index (κ3) is 4.29. The molecule has 1 fully saturated rings. The molecule has 4 nitrogen and oxygen atoms in total. The minimum Gasteiger partial charge on any atom is -0.427 e. The fourth-order valence-electron chi connectivity index (χ4n) is 3.01. The number of carbonyl (C=O) groups is 1. The smallest absolute Gasteiger partial charge is 0.308 e. The van der Waals surface area contributed by atoms with E-state index in [1.54, 1.807) is 0 Å². The average molecular weight is 290 g/mol. The van der Waals surface area contributed by atoms with E-state index in [9.17, 15) is 4.79 Å². The Labute approximate surface area is 127 Å². The molecule has 4 heteroatoms. The minimum atomic E-state index is -0.269. The Hall–Kier alpha value is -1.39. The Morgan fingerprint density at radius 2 is 2.10 bits per heavy atom. The van der Waals surface area contributed by atoms with E-state index in [0.29, 0.717) is 17.7 Å². The first-order chi connectivity index (χ1) is 10.1. The number of nitrogens with zero attached hydrogens (tertiary/aromatic N) is 1. The predicted octanol–water partition coefficient (Wildman–Crippen LogP) is 2.60.